The fraction of sp³-hybridized carbons (Fsp3) is 0.350. The van der Waals surface area contributed by atoms with E-state index in [-0.39, 0.29) is 17.6 Å². The molecule has 0 spiro atoms. The zero-order valence-electron chi connectivity index (χ0n) is 15.3. The fourth-order valence-corrected chi connectivity index (χ4v) is 4.88. The van der Waals surface area contributed by atoms with Gasteiger partial charge < -0.3 is 4.90 Å². The molecule has 140 valence electrons. The highest BCUT2D eigenvalue weighted by Gasteiger charge is 2.30. The van der Waals surface area contributed by atoms with E-state index in [2.05, 4.69) is 4.98 Å². The molecule has 0 bridgehead atoms. The second kappa shape index (κ2) is 7.48. The Labute approximate surface area is 166 Å². The quantitative estimate of drug-likeness (QED) is 0.488. The van der Waals surface area contributed by atoms with Gasteiger partial charge in [-0.25, -0.2) is 4.98 Å². The third kappa shape index (κ3) is 3.53. The number of thioether (sulfide) groups is 1. The third-order valence-corrected chi connectivity index (χ3v) is 6.59. The van der Waals surface area contributed by atoms with Crippen molar-refractivity contribution in [2.24, 2.45) is 5.92 Å². The SMILES string of the molecule is CSc1ccc(C(=O)C2CCCN(C(=O)c3csc4nc(C)cn34)C2)cc1. The lowest BCUT2D eigenvalue weighted by Gasteiger charge is -2.32. The Morgan fingerprint density at radius 2 is 2.04 bits per heavy atom. The summed E-state index contributed by atoms with van der Waals surface area (Å²) in [6.45, 7) is 3.10. The monoisotopic (exact) mass is 399 g/mol. The van der Waals surface area contributed by atoms with E-state index in [0.717, 1.165) is 34.0 Å². The number of ketones is 1. The number of rotatable bonds is 4. The van der Waals surface area contributed by atoms with Crippen LogP contribution in [0.15, 0.2) is 40.7 Å². The number of carbonyl (C=O) groups excluding carboxylic acids is 2. The highest BCUT2D eigenvalue weighted by Crippen LogP contribution is 2.25. The van der Waals surface area contributed by atoms with Crippen molar-refractivity contribution in [3.63, 3.8) is 0 Å². The van der Waals surface area contributed by atoms with E-state index < -0.39 is 0 Å². The number of likely N-dealkylation sites (tertiary alicyclic amines) is 1. The zero-order valence-corrected chi connectivity index (χ0v) is 17.0. The van der Waals surface area contributed by atoms with Crippen LogP contribution in [0.3, 0.4) is 0 Å². The van der Waals surface area contributed by atoms with Gasteiger partial charge in [-0.05, 0) is 38.2 Å². The number of fused-ring (bicyclic) bond motifs is 1. The molecule has 1 fully saturated rings. The molecule has 4 rings (SSSR count). The van der Waals surface area contributed by atoms with Crippen molar-refractivity contribution in [2.75, 3.05) is 19.3 Å². The van der Waals surface area contributed by atoms with E-state index >= 15 is 0 Å². The molecule has 1 unspecified atom stereocenters. The maximum absolute atomic E-state index is 13.0. The van der Waals surface area contributed by atoms with Gasteiger partial charge in [0.25, 0.3) is 5.91 Å². The maximum Gasteiger partial charge on any atom is 0.271 e. The molecule has 1 saturated heterocycles. The minimum absolute atomic E-state index is 0.0196. The molecular formula is C20H21N3O2S2. The largest absolute Gasteiger partial charge is 0.337 e. The molecule has 7 heteroatoms. The number of aryl methyl sites for hydroxylation is 1. The normalized spacial score (nSPS) is 17.4. The van der Waals surface area contributed by atoms with E-state index in [9.17, 15) is 9.59 Å². The number of nitrogens with zero attached hydrogens (tertiary/aromatic N) is 3. The van der Waals surface area contributed by atoms with Crippen molar-refractivity contribution >= 4 is 39.7 Å². The van der Waals surface area contributed by atoms with Gasteiger partial charge in [-0.2, -0.15) is 0 Å². The smallest absolute Gasteiger partial charge is 0.271 e. The van der Waals surface area contributed by atoms with Gasteiger partial charge in [-0.1, -0.05) is 12.1 Å². The summed E-state index contributed by atoms with van der Waals surface area (Å²) in [7, 11) is 0. The van der Waals surface area contributed by atoms with E-state index in [0.29, 0.717) is 18.8 Å². The van der Waals surface area contributed by atoms with Crippen LogP contribution in [0.25, 0.3) is 4.96 Å². The summed E-state index contributed by atoms with van der Waals surface area (Å²) < 4.78 is 1.86. The van der Waals surface area contributed by atoms with Crippen molar-refractivity contribution in [1.29, 1.82) is 0 Å². The first-order valence-corrected chi connectivity index (χ1v) is 11.1. The zero-order chi connectivity index (χ0) is 19.0. The summed E-state index contributed by atoms with van der Waals surface area (Å²) in [5, 5.41) is 1.86. The topological polar surface area (TPSA) is 54.7 Å². The molecule has 0 N–H and O–H groups in total. The summed E-state index contributed by atoms with van der Waals surface area (Å²) >= 11 is 3.13. The van der Waals surface area contributed by atoms with Gasteiger partial charge in [0.2, 0.25) is 0 Å². The summed E-state index contributed by atoms with van der Waals surface area (Å²) in [5.74, 6) is -0.0237. The van der Waals surface area contributed by atoms with Crippen LogP contribution in [0.1, 0.15) is 39.4 Å². The van der Waals surface area contributed by atoms with E-state index in [4.69, 9.17) is 0 Å². The van der Waals surface area contributed by atoms with Gasteiger partial charge in [0.05, 0.1) is 5.69 Å². The molecule has 1 aliphatic heterocycles. The number of amides is 1. The van der Waals surface area contributed by atoms with Gasteiger partial charge in [0, 0.05) is 41.0 Å². The van der Waals surface area contributed by atoms with Crippen molar-refractivity contribution in [3.05, 3.63) is 52.8 Å². The highest BCUT2D eigenvalue weighted by atomic mass is 32.2. The maximum atomic E-state index is 13.0. The lowest BCUT2D eigenvalue weighted by atomic mass is 9.90. The van der Waals surface area contributed by atoms with Crippen molar-refractivity contribution < 1.29 is 9.59 Å². The second-order valence-electron chi connectivity index (χ2n) is 6.84. The molecular weight excluding hydrogens is 378 g/mol. The Kier molecular flexibility index (Phi) is 5.06. The lowest BCUT2D eigenvalue weighted by molar-refractivity contribution is 0.0631. The predicted molar refractivity (Wildman–Crippen MR) is 109 cm³/mol. The first kappa shape index (κ1) is 18.3. The first-order valence-electron chi connectivity index (χ1n) is 8.97. The minimum atomic E-state index is -0.138. The molecule has 1 aromatic carbocycles. The number of carbonyl (C=O) groups is 2. The molecule has 3 heterocycles. The highest BCUT2D eigenvalue weighted by molar-refractivity contribution is 7.98. The van der Waals surface area contributed by atoms with Gasteiger partial charge in [-0.3, -0.25) is 14.0 Å². The van der Waals surface area contributed by atoms with E-state index in [1.54, 1.807) is 11.8 Å². The summed E-state index contributed by atoms with van der Waals surface area (Å²) in [4.78, 5) is 34.2. The number of imidazole rings is 1. The number of hydrogen-bond donors (Lipinski definition) is 0. The van der Waals surface area contributed by atoms with Gasteiger partial charge in [-0.15, -0.1) is 23.1 Å². The summed E-state index contributed by atoms with van der Waals surface area (Å²) in [5.41, 5.74) is 2.26. The number of Topliss-reactive ketones (excluding diaryl/α,β-unsaturated/α-hetero) is 1. The molecule has 1 amide bonds. The van der Waals surface area contributed by atoms with Crippen LogP contribution in [0, 0.1) is 12.8 Å². The van der Waals surface area contributed by atoms with E-state index in [1.165, 1.54) is 11.3 Å². The van der Waals surface area contributed by atoms with Crippen molar-refractivity contribution in [2.45, 2.75) is 24.7 Å². The molecule has 0 saturated carbocycles. The van der Waals surface area contributed by atoms with Crippen molar-refractivity contribution in [1.82, 2.24) is 14.3 Å². The number of aromatic nitrogens is 2. The number of thiazole rings is 1. The van der Waals surface area contributed by atoms with Crippen LogP contribution in [0.2, 0.25) is 0 Å². The van der Waals surface area contributed by atoms with Crippen LogP contribution in [-0.2, 0) is 0 Å². The molecule has 27 heavy (non-hydrogen) atoms. The summed E-state index contributed by atoms with van der Waals surface area (Å²) in [6.07, 6.45) is 5.58. The molecule has 5 nitrogen and oxygen atoms in total. The number of hydrogen-bond acceptors (Lipinski definition) is 5. The molecule has 0 aliphatic carbocycles. The van der Waals surface area contributed by atoms with Gasteiger partial charge >= 0.3 is 0 Å². The lowest BCUT2D eigenvalue weighted by Crippen LogP contribution is -2.42. The van der Waals surface area contributed by atoms with Crippen LogP contribution < -0.4 is 0 Å². The first-order chi connectivity index (χ1) is 13.1. The van der Waals surface area contributed by atoms with Crippen molar-refractivity contribution in [3.8, 4) is 0 Å². The molecule has 0 radical (unpaired) electrons. The molecule has 3 aromatic rings. The molecule has 1 atom stereocenters. The van der Waals surface area contributed by atoms with Gasteiger partial charge in [0.1, 0.15) is 5.69 Å². The molecule has 2 aromatic heterocycles. The van der Waals surface area contributed by atoms with Crippen LogP contribution >= 0.6 is 23.1 Å². The Bertz CT molecular complexity index is 990. The van der Waals surface area contributed by atoms with Crippen LogP contribution in [0.4, 0.5) is 0 Å². The molecule has 1 aliphatic rings. The fourth-order valence-electron chi connectivity index (χ4n) is 3.58. The second-order valence-corrected chi connectivity index (χ2v) is 8.56. The average molecular weight is 400 g/mol. The average Bonchev–Trinajstić information content (AvgIpc) is 3.26. The Hall–Kier alpha value is -2.12. The Morgan fingerprint density at radius 1 is 1.26 bits per heavy atom. The number of benzene rings is 1. The van der Waals surface area contributed by atoms with Crippen LogP contribution in [-0.4, -0.2) is 45.3 Å². The predicted octanol–water partition coefficient (Wildman–Crippen LogP) is 4.16. The Balaban J connectivity index is 1.51. The number of piperidine rings is 1. The third-order valence-electron chi connectivity index (χ3n) is 5.00. The van der Waals surface area contributed by atoms with Gasteiger partial charge in [0.15, 0.2) is 10.7 Å². The standard InChI is InChI=1S/C20H21N3O2S2/c1-13-10-23-17(12-27-20(23)21-13)19(25)22-9-3-4-15(11-22)18(24)14-5-7-16(26-2)8-6-14/h5-8,10,12,15H,3-4,9,11H2,1-2H3. The summed E-state index contributed by atoms with van der Waals surface area (Å²) in [6, 6.07) is 7.75. The van der Waals surface area contributed by atoms with E-state index in [1.807, 2.05) is 58.3 Å². The minimum Gasteiger partial charge on any atom is -0.337 e. The Morgan fingerprint density at radius 3 is 2.78 bits per heavy atom. The van der Waals surface area contributed by atoms with Crippen LogP contribution in [0.5, 0.6) is 0 Å².